The van der Waals surface area contributed by atoms with Crippen LogP contribution in [0.25, 0.3) is 0 Å². The number of rotatable bonds is 4. The van der Waals surface area contributed by atoms with Gasteiger partial charge in [0, 0.05) is 19.2 Å². The maximum absolute atomic E-state index is 13.2. The van der Waals surface area contributed by atoms with Crippen molar-refractivity contribution in [2.24, 2.45) is 0 Å². The fourth-order valence-corrected chi connectivity index (χ4v) is 2.84. The molecule has 0 bridgehead atoms. The highest BCUT2D eigenvalue weighted by Gasteiger charge is 2.22. The molecule has 0 aliphatic rings. The molecule has 0 radical (unpaired) electrons. The van der Waals surface area contributed by atoms with Gasteiger partial charge in [-0.3, -0.25) is 0 Å². The van der Waals surface area contributed by atoms with Crippen LogP contribution in [-0.2, 0) is 16.6 Å². The Labute approximate surface area is 115 Å². The van der Waals surface area contributed by atoms with Crippen molar-refractivity contribution in [3.63, 3.8) is 0 Å². The minimum absolute atomic E-state index is 0.123. The lowest BCUT2D eigenvalue weighted by Gasteiger charge is -2.16. The normalized spacial score (nSPS) is 11.5. The number of halogens is 1. The monoisotopic (exact) mass is 294 g/mol. The molecule has 0 spiro atoms. The summed E-state index contributed by atoms with van der Waals surface area (Å²) in [6.07, 6.45) is 2.89. The summed E-state index contributed by atoms with van der Waals surface area (Å²) in [5, 5.41) is 8.74. The largest absolute Gasteiger partial charge is 0.472 e. The first kappa shape index (κ1) is 14.2. The maximum atomic E-state index is 13.2. The van der Waals surface area contributed by atoms with Crippen LogP contribution in [0.2, 0.25) is 0 Å². The van der Waals surface area contributed by atoms with Gasteiger partial charge in [0.1, 0.15) is 11.9 Å². The highest BCUT2D eigenvalue weighted by Crippen LogP contribution is 2.19. The summed E-state index contributed by atoms with van der Waals surface area (Å²) >= 11 is 0. The van der Waals surface area contributed by atoms with Crippen molar-refractivity contribution in [3.05, 3.63) is 53.7 Å². The second-order valence-corrected chi connectivity index (χ2v) is 6.19. The molecule has 1 aromatic carbocycles. The molecule has 104 valence electrons. The van der Waals surface area contributed by atoms with Crippen molar-refractivity contribution >= 4 is 10.0 Å². The molecule has 1 heterocycles. The Bertz CT molecular complexity index is 748. The molecule has 1 aromatic heterocycles. The summed E-state index contributed by atoms with van der Waals surface area (Å²) in [6, 6.07) is 6.40. The Morgan fingerprint density at radius 1 is 1.40 bits per heavy atom. The summed E-state index contributed by atoms with van der Waals surface area (Å²) in [4.78, 5) is -0.124. The molecule has 0 saturated heterocycles. The fraction of sp³-hybridized carbons (Fsp3) is 0.154. The van der Waals surface area contributed by atoms with E-state index in [9.17, 15) is 12.8 Å². The first-order chi connectivity index (χ1) is 9.45. The van der Waals surface area contributed by atoms with E-state index in [1.54, 1.807) is 12.1 Å². The van der Waals surface area contributed by atoms with Gasteiger partial charge in [0.05, 0.1) is 23.0 Å². The number of sulfonamides is 1. The van der Waals surface area contributed by atoms with Crippen molar-refractivity contribution in [3.8, 4) is 6.07 Å². The Hall–Kier alpha value is -2.17. The summed E-state index contributed by atoms with van der Waals surface area (Å²) in [5.74, 6) is -0.746. The first-order valence-electron chi connectivity index (χ1n) is 5.62. The molecule has 0 N–H and O–H groups in total. The van der Waals surface area contributed by atoms with Crippen molar-refractivity contribution < 1.29 is 17.2 Å². The standard InChI is InChI=1S/C13H11FN2O3S/c1-16(8-10-4-5-19-9-10)20(17,18)12-2-3-13(14)11(6-12)7-15/h2-6,9H,8H2,1H3. The van der Waals surface area contributed by atoms with E-state index in [0.29, 0.717) is 5.56 Å². The van der Waals surface area contributed by atoms with Gasteiger partial charge in [0.15, 0.2) is 0 Å². The lowest BCUT2D eigenvalue weighted by molar-refractivity contribution is 0.463. The molecule has 2 aromatic rings. The van der Waals surface area contributed by atoms with E-state index in [4.69, 9.17) is 9.68 Å². The molecule has 20 heavy (non-hydrogen) atoms. The van der Waals surface area contributed by atoms with Gasteiger partial charge in [-0.15, -0.1) is 0 Å². The number of benzene rings is 1. The molecular weight excluding hydrogens is 283 g/mol. The van der Waals surface area contributed by atoms with Gasteiger partial charge in [-0.05, 0) is 24.3 Å². The van der Waals surface area contributed by atoms with Gasteiger partial charge in [0.2, 0.25) is 10.0 Å². The van der Waals surface area contributed by atoms with Crippen molar-refractivity contribution in [2.45, 2.75) is 11.4 Å². The molecule has 2 rings (SSSR count). The van der Waals surface area contributed by atoms with Gasteiger partial charge in [-0.1, -0.05) is 0 Å². The average molecular weight is 294 g/mol. The molecule has 0 fully saturated rings. The van der Waals surface area contributed by atoms with E-state index in [2.05, 4.69) is 0 Å². The average Bonchev–Trinajstić information content (AvgIpc) is 2.91. The molecule has 0 aliphatic carbocycles. The van der Waals surface area contributed by atoms with Crippen LogP contribution in [0, 0.1) is 17.1 Å². The Morgan fingerprint density at radius 3 is 2.75 bits per heavy atom. The van der Waals surface area contributed by atoms with Gasteiger partial charge < -0.3 is 4.42 Å². The van der Waals surface area contributed by atoms with Crippen molar-refractivity contribution in [1.82, 2.24) is 4.31 Å². The minimum Gasteiger partial charge on any atom is -0.472 e. The molecular formula is C13H11FN2O3S. The maximum Gasteiger partial charge on any atom is 0.243 e. The van der Waals surface area contributed by atoms with Crippen LogP contribution in [0.3, 0.4) is 0 Å². The van der Waals surface area contributed by atoms with Gasteiger partial charge in [0.25, 0.3) is 0 Å². The topological polar surface area (TPSA) is 74.3 Å². The highest BCUT2D eigenvalue weighted by atomic mass is 32.2. The zero-order valence-electron chi connectivity index (χ0n) is 10.6. The smallest absolute Gasteiger partial charge is 0.243 e. The van der Waals surface area contributed by atoms with E-state index in [-0.39, 0.29) is 17.0 Å². The van der Waals surface area contributed by atoms with Crippen LogP contribution in [-0.4, -0.2) is 19.8 Å². The summed E-state index contributed by atoms with van der Waals surface area (Å²) in [5.41, 5.74) is 0.390. The van der Waals surface area contributed by atoms with Gasteiger partial charge in [-0.25, -0.2) is 12.8 Å². The number of furan rings is 1. The third-order valence-electron chi connectivity index (χ3n) is 2.75. The molecule has 7 heteroatoms. The zero-order valence-corrected chi connectivity index (χ0v) is 11.4. The summed E-state index contributed by atoms with van der Waals surface area (Å²) < 4.78 is 43.8. The number of hydrogen-bond acceptors (Lipinski definition) is 4. The summed E-state index contributed by atoms with van der Waals surface area (Å²) in [7, 11) is -2.39. The second-order valence-electron chi connectivity index (χ2n) is 4.15. The van der Waals surface area contributed by atoms with Crippen LogP contribution >= 0.6 is 0 Å². The lowest BCUT2D eigenvalue weighted by Crippen LogP contribution is -2.26. The second kappa shape index (κ2) is 5.45. The van der Waals surface area contributed by atoms with E-state index in [1.807, 2.05) is 0 Å². The summed E-state index contributed by atoms with van der Waals surface area (Å²) in [6.45, 7) is 0.123. The highest BCUT2D eigenvalue weighted by molar-refractivity contribution is 7.89. The number of hydrogen-bond donors (Lipinski definition) is 0. The molecule has 0 amide bonds. The first-order valence-corrected chi connectivity index (χ1v) is 7.06. The van der Waals surface area contributed by atoms with Crippen LogP contribution in [0.4, 0.5) is 4.39 Å². The number of nitriles is 1. The van der Waals surface area contributed by atoms with Crippen LogP contribution in [0.15, 0.2) is 46.1 Å². The Kier molecular flexibility index (Phi) is 3.88. The Morgan fingerprint density at radius 2 is 2.15 bits per heavy atom. The predicted molar refractivity (Wildman–Crippen MR) is 68.5 cm³/mol. The fourth-order valence-electron chi connectivity index (χ4n) is 1.66. The van der Waals surface area contributed by atoms with Gasteiger partial charge >= 0.3 is 0 Å². The van der Waals surface area contributed by atoms with Crippen LogP contribution in [0.1, 0.15) is 11.1 Å². The zero-order chi connectivity index (χ0) is 14.8. The molecule has 0 saturated carbocycles. The lowest BCUT2D eigenvalue weighted by atomic mass is 10.2. The minimum atomic E-state index is -3.79. The van der Waals surface area contributed by atoms with Crippen molar-refractivity contribution in [2.75, 3.05) is 7.05 Å². The molecule has 0 atom stereocenters. The van der Waals surface area contributed by atoms with Gasteiger partial charge in [-0.2, -0.15) is 9.57 Å². The third-order valence-corrected chi connectivity index (χ3v) is 4.55. The Balaban J connectivity index is 2.33. The molecule has 0 aliphatic heterocycles. The predicted octanol–water partition coefficient (Wildman–Crippen LogP) is 2.11. The quantitative estimate of drug-likeness (QED) is 0.865. The van der Waals surface area contributed by atoms with E-state index >= 15 is 0 Å². The van der Waals surface area contributed by atoms with E-state index < -0.39 is 15.8 Å². The molecule has 0 unspecified atom stereocenters. The van der Waals surface area contributed by atoms with Crippen LogP contribution in [0.5, 0.6) is 0 Å². The van der Waals surface area contributed by atoms with Crippen LogP contribution < -0.4 is 0 Å². The molecule has 5 nitrogen and oxygen atoms in total. The SMILES string of the molecule is CN(Cc1ccoc1)S(=O)(=O)c1ccc(F)c(C#N)c1. The van der Waals surface area contributed by atoms with Crippen molar-refractivity contribution in [1.29, 1.82) is 5.26 Å². The number of nitrogens with zero attached hydrogens (tertiary/aromatic N) is 2. The van der Waals surface area contributed by atoms with E-state index in [1.165, 1.54) is 19.6 Å². The third kappa shape index (κ3) is 2.71. The van der Waals surface area contributed by atoms with E-state index in [0.717, 1.165) is 22.5 Å².